The van der Waals surface area contributed by atoms with E-state index in [0.717, 1.165) is 0 Å². The topological polar surface area (TPSA) is 26.3 Å². The van der Waals surface area contributed by atoms with Gasteiger partial charge in [-0.05, 0) is 6.08 Å². The van der Waals surface area contributed by atoms with E-state index in [2.05, 4.69) is 17.9 Å². The molecule has 0 saturated carbocycles. The summed E-state index contributed by atoms with van der Waals surface area (Å²) in [5.74, 6) is -0.134. The highest BCUT2D eigenvalue weighted by Gasteiger charge is 1.89. The van der Waals surface area contributed by atoms with Gasteiger partial charge in [-0.1, -0.05) is 13.2 Å². The van der Waals surface area contributed by atoms with Crippen molar-refractivity contribution in [2.45, 2.75) is 0 Å². The molecule has 0 atom stereocenters. The SMILES string of the molecule is C=COCC(=O)C=C. The van der Waals surface area contributed by atoms with Crippen LogP contribution in [0.1, 0.15) is 0 Å². The molecule has 0 bridgehead atoms. The van der Waals surface area contributed by atoms with Crippen LogP contribution in [0.4, 0.5) is 0 Å². The Bertz CT molecular complexity index is 105. The van der Waals surface area contributed by atoms with Crippen LogP contribution < -0.4 is 0 Å². The molecule has 0 unspecified atom stereocenters. The van der Waals surface area contributed by atoms with Gasteiger partial charge in [0, 0.05) is 0 Å². The summed E-state index contributed by atoms with van der Waals surface area (Å²) in [6, 6.07) is 0. The van der Waals surface area contributed by atoms with Crippen molar-refractivity contribution in [3.05, 3.63) is 25.5 Å². The van der Waals surface area contributed by atoms with E-state index in [1.165, 1.54) is 12.3 Å². The highest BCUT2D eigenvalue weighted by Crippen LogP contribution is 1.76. The molecule has 2 nitrogen and oxygen atoms in total. The van der Waals surface area contributed by atoms with Gasteiger partial charge in [-0.3, -0.25) is 4.79 Å². The van der Waals surface area contributed by atoms with E-state index in [1.54, 1.807) is 0 Å². The second kappa shape index (κ2) is 4.12. The smallest absolute Gasteiger partial charge is 0.192 e. The summed E-state index contributed by atoms with van der Waals surface area (Å²) in [6.07, 6.45) is 2.44. The summed E-state index contributed by atoms with van der Waals surface area (Å²) in [7, 11) is 0. The van der Waals surface area contributed by atoms with Crippen LogP contribution in [0, 0.1) is 0 Å². The molecule has 0 rings (SSSR count). The van der Waals surface area contributed by atoms with Crippen LogP contribution in [-0.2, 0) is 9.53 Å². The molecular weight excluding hydrogens is 104 g/mol. The largest absolute Gasteiger partial charge is 0.494 e. The molecule has 0 heterocycles. The Labute approximate surface area is 48.5 Å². The van der Waals surface area contributed by atoms with Gasteiger partial charge in [0.25, 0.3) is 0 Å². The summed E-state index contributed by atoms with van der Waals surface area (Å²) in [5.41, 5.74) is 0. The van der Waals surface area contributed by atoms with Crippen molar-refractivity contribution in [1.29, 1.82) is 0 Å². The molecule has 8 heavy (non-hydrogen) atoms. The molecular formula is C6H8O2. The normalized spacial score (nSPS) is 7.50. The Kier molecular flexibility index (Phi) is 3.58. The van der Waals surface area contributed by atoms with E-state index < -0.39 is 0 Å². The maximum atomic E-state index is 10.3. The highest BCUT2D eigenvalue weighted by molar-refractivity contribution is 5.90. The van der Waals surface area contributed by atoms with Gasteiger partial charge in [0.05, 0.1) is 6.26 Å². The second-order valence-electron chi connectivity index (χ2n) is 1.15. The molecule has 0 aromatic rings. The van der Waals surface area contributed by atoms with Gasteiger partial charge in [-0.15, -0.1) is 0 Å². The monoisotopic (exact) mass is 112 g/mol. The molecule has 0 saturated heterocycles. The number of carbonyl (C=O) groups is 1. The minimum atomic E-state index is -0.134. The third kappa shape index (κ3) is 3.15. The first-order chi connectivity index (χ1) is 3.81. The fraction of sp³-hybridized carbons (Fsp3) is 0.167. The van der Waals surface area contributed by atoms with Crippen LogP contribution in [-0.4, -0.2) is 12.4 Å². The fourth-order valence-corrected chi connectivity index (χ4v) is 0.200. The Morgan fingerprint density at radius 3 is 2.62 bits per heavy atom. The van der Waals surface area contributed by atoms with Crippen molar-refractivity contribution >= 4 is 5.78 Å². The zero-order valence-corrected chi connectivity index (χ0v) is 4.59. The lowest BCUT2D eigenvalue weighted by Crippen LogP contribution is -1.99. The Morgan fingerprint density at radius 2 is 2.25 bits per heavy atom. The lowest BCUT2D eigenvalue weighted by atomic mass is 10.4. The van der Waals surface area contributed by atoms with Crippen LogP contribution >= 0.6 is 0 Å². The number of rotatable bonds is 4. The molecule has 0 aromatic heterocycles. The highest BCUT2D eigenvalue weighted by atomic mass is 16.5. The average Bonchev–Trinajstić information content (AvgIpc) is 1.83. The molecule has 0 aliphatic heterocycles. The average molecular weight is 112 g/mol. The molecule has 2 heteroatoms. The maximum absolute atomic E-state index is 10.3. The van der Waals surface area contributed by atoms with Crippen LogP contribution in [0.25, 0.3) is 0 Å². The van der Waals surface area contributed by atoms with Gasteiger partial charge in [0.2, 0.25) is 0 Å². The quantitative estimate of drug-likeness (QED) is 0.399. The summed E-state index contributed by atoms with van der Waals surface area (Å²) >= 11 is 0. The first-order valence-corrected chi connectivity index (χ1v) is 2.19. The predicted octanol–water partition coefficient (Wildman–Crippen LogP) is 0.902. The lowest BCUT2D eigenvalue weighted by molar-refractivity contribution is -0.117. The van der Waals surface area contributed by atoms with E-state index in [4.69, 9.17) is 0 Å². The van der Waals surface area contributed by atoms with E-state index in [9.17, 15) is 4.79 Å². The molecule has 0 spiro atoms. The first kappa shape index (κ1) is 6.95. The third-order valence-electron chi connectivity index (χ3n) is 0.571. The zero-order valence-electron chi connectivity index (χ0n) is 4.59. The standard InChI is InChI=1S/C6H8O2/c1-3-6(7)5-8-4-2/h3-4H,1-2,5H2. The van der Waals surface area contributed by atoms with Crippen LogP contribution in [0.5, 0.6) is 0 Å². The number of hydrogen-bond donors (Lipinski definition) is 0. The number of carbonyl (C=O) groups excluding carboxylic acids is 1. The van der Waals surface area contributed by atoms with Gasteiger partial charge in [0.1, 0.15) is 6.61 Å². The molecule has 44 valence electrons. The Balaban J connectivity index is 3.24. The first-order valence-electron chi connectivity index (χ1n) is 2.19. The zero-order chi connectivity index (χ0) is 6.41. The van der Waals surface area contributed by atoms with Crippen LogP contribution in [0.15, 0.2) is 25.5 Å². The molecule has 0 aliphatic rings. The molecule has 0 radical (unpaired) electrons. The van der Waals surface area contributed by atoms with Crippen molar-refractivity contribution in [3.63, 3.8) is 0 Å². The third-order valence-corrected chi connectivity index (χ3v) is 0.571. The summed E-state index contributed by atoms with van der Waals surface area (Å²) < 4.78 is 4.53. The Hall–Kier alpha value is -1.05. The van der Waals surface area contributed by atoms with Crippen molar-refractivity contribution in [2.24, 2.45) is 0 Å². The van der Waals surface area contributed by atoms with E-state index in [-0.39, 0.29) is 12.4 Å². The number of ketones is 1. The number of hydrogen-bond acceptors (Lipinski definition) is 2. The Morgan fingerprint density at radius 1 is 1.62 bits per heavy atom. The van der Waals surface area contributed by atoms with Crippen molar-refractivity contribution in [1.82, 2.24) is 0 Å². The minimum absolute atomic E-state index is 0.0486. The van der Waals surface area contributed by atoms with Gasteiger partial charge in [0.15, 0.2) is 5.78 Å². The van der Waals surface area contributed by atoms with Gasteiger partial charge in [-0.2, -0.15) is 0 Å². The lowest BCUT2D eigenvalue weighted by Gasteiger charge is -1.91. The number of ether oxygens (including phenoxy) is 1. The molecule has 0 amide bonds. The summed E-state index contributed by atoms with van der Waals surface area (Å²) in [4.78, 5) is 10.3. The molecule has 0 aromatic carbocycles. The van der Waals surface area contributed by atoms with E-state index >= 15 is 0 Å². The second-order valence-corrected chi connectivity index (χ2v) is 1.15. The van der Waals surface area contributed by atoms with Crippen LogP contribution in [0.3, 0.4) is 0 Å². The van der Waals surface area contributed by atoms with E-state index in [0.29, 0.717) is 0 Å². The fourth-order valence-electron chi connectivity index (χ4n) is 0.200. The molecule has 0 fully saturated rings. The predicted molar refractivity (Wildman–Crippen MR) is 31.4 cm³/mol. The molecule has 0 aliphatic carbocycles. The summed E-state index contributed by atoms with van der Waals surface area (Å²) in [5, 5.41) is 0. The summed E-state index contributed by atoms with van der Waals surface area (Å²) in [6.45, 7) is 6.56. The van der Waals surface area contributed by atoms with Crippen molar-refractivity contribution < 1.29 is 9.53 Å². The van der Waals surface area contributed by atoms with Crippen LogP contribution in [0.2, 0.25) is 0 Å². The molecule has 0 N–H and O–H groups in total. The van der Waals surface area contributed by atoms with Gasteiger partial charge < -0.3 is 4.74 Å². The van der Waals surface area contributed by atoms with Crippen molar-refractivity contribution in [3.8, 4) is 0 Å². The van der Waals surface area contributed by atoms with Gasteiger partial charge >= 0.3 is 0 Å². The van der Waals surface area contributed by atoms with Crippen molar-refractivity contribution in [2.75, 3.05) is 6.61 Å². The maximum Gasteiger partial charge on any atom is 0.192 e. The minimum Gasteiger partial charge on any atom is -0.494 e. The van der Waals surface area contributed by atoms with E-state index in [1.807, 2.05) is 0 Å². The van der Waals surface area contributed by atoms with Gasteiger partial charge in [-0.25, -0.2) is 0 Å².